The van der Waals surface area contributed by atoms with Crippen molar-refractivity contribution in [2.45, 2.75) is 6.92 Å². The lowest BCUT2D eigenvalue weighted by Gasteiger charge is -1.98. The van der Waals surface area contributed by atoms with Crippen molar-refractivity contribution in [3.8, 4) is 0 Å². The number of carbonyl (C=O) groups is 1. The monoisotopic (exact) mass is 313 g/mol. The van der Waals surface area contributed by atoms with Crippen molar-refractivity contribution in [1.29, 1.82) is 0 Å². The molecule has 0 fully saturated rings. The maximum absolute atomic E-state index is 11.6. The van der Waals surface area contributed by atoms with E-state index in [1.165, 1.54) is 22.7 Å². The number of rotatable bonds is 3. The van der Waals surface area contributed by atoms with E-state index >= 15 is 0 Å². The minimum absolute atomic E-state index is 0.0870. The van der Waals surface area contributed by atoms with Crippen molar-refractivity contribution in [2.75, 3.05) is 6.61 Å². The van der Waals surface area contributed by atoms with Crippen molar-refractivity contribution in [3.63, 3.8) is 0 Å². The van der Waals surface area contributed by atoms with Gasteiger partial charge in [-0.25, -0.2) is 9.78 Å². The van der Waals surface area contributed by atoms with Gasteiger partial charge in [0.05, 0.1) is 17.7 Å². The highest BCUT2D eigenvalue weighted by Crippen LogP contribution is 2.22. The molecule has 94 valence electrons. The number of fused-ring (bicyclic) bond motifs is 1. The molecule has 0 spiro atoms. The minimum Gasteiger partial charge on any atom is -0.461 e. The Hall–Kier alpha value is -1.96. The molecule has 7 nitrogen and oxygen atoms in total. The number of halogens is 1. The zero-order valence-corrected chi connectivity index (χ0v) is 10.9. The molecule has 0 saturated carbocycles. The number of carbonyl (C=O) groups excluding carboxylic acids is 1. The summed E-state index contributed by atoms with van der Waals surface area (Å²) in [4.78, 5) is 25.8. The fourth-order valence-electron chi connectivity index (χ4n) is 1.44. The van der Waals surface area contributed by atoms with Gasteiger partial charge in [0.1, 0.15) is 10.3 Å². The quantitative estimate of drug-likeness (QED) is 0.492. The highest BCUT2D eigenvalue weighted by atomic mass is 79.9. The largest absolute Gasteiger partial charge is 0.461 e. The average Bonchev–Trinajstić information content (AvgIpc) is 2.67. The molecule has 0 saturated heterocycles. The van der Waals surface area contributed by atoms with Crippen LogP contribution in [0.2, 0.25) is 0 Å². The molecular formula is C10H8BrN3O4. The number of aromatic nitrogens is 2. The second-order valence-corrected chi connectivity index (χ2v) is 4.10. The molecule has 0 bridgehead atoms. The Morgan fingerprint density at radius 2 is 2.33 bits per heavy atom. The van der Waals surface area contributed by atoms with Crippen LogP contribution >= 0.6 is 15.9 Å². The highest BCUT2D eigenvalue weighted by molar-refractivity contribution is 9.10. The Morgan fingerprint density at radius 3 is 2.94 bits per heavy atom. The van der Waals surface area contributed by atoms with Crippen molar-refractivity contribution in [3.05, 3.63) is 38.7 Å². The van der Waals surface area contributed by atoms with Gasteiger partial charge >= 0.3 is 5.97 Å². The van der Waals surface area contributed by atoms with Gasteiger partial charge in [0.15, 0.2) is 5.69 Å². The van der Waals surface area contributed by atoms with Crippen LogP contribution in [0.1, 0.15) is 17.4 Å². The lowest BCUT2D eigenvalue weighted by molar-refractivity contribution is -0.385. The molecule has 18 heavy (non-hydrogen) atoms. The highest BCUT2D eigenvalue weighted by Gasteiger charge is 2.19. The van der Waals surface area contributed by atoms with E-state index in [1.54, 1.807) is 6.92 Å². The van der Waals surface area contributed by atoms with E-state index < -0.39 is 10.9 Å². The Kier molecular flexibility index (Phi) is 3.28. The third-order valence-corrected chi connectivity index (χ3v) is 2.98. The number of hydrogen-bond donors (Lipinski definition) is 0. The normalized spacial score (nSPS) is 10.6. The number of ether oxygens (including phenoxy) is 1. The second-order valence-electron chi connectivity index (χ2n) is 3.34. The van der Waals surface area contributed by atoms with Crippen LogP contribution in [-0.4, -0.2) is 26.9 Å². The summed E-state index contributed by atoms with van der Waals surface area (Å²) in [5.74, 6) is -0.573. The molecule has 0 radical (unpaired) electrons. The molecule has 0 aliphatic heterocycles. The molecule has 0 unspecified atom stereocenters. The third kappa shape index (κ3) is 2.06. The molecule has 2 aromatic rings. The maximum atomic E-state index is 11.6. The predicted octanol–water partition coefficient (Wildman–Crippen LogP) is 2.18. The van der Waals surface area contributed by atoms with Crippen LogP contribution in [-0.2, 0) is 4.74 Å². The van der Waals surface area contributed by atoms with E-state index in [4.69, 9.17) is 4.74 Å². The Balaban J connectivity index is 2.56. The molecule has 0 aliphatic rings. The molecule has 8 heteroatoms. The van der Waals surface area contributed by atoms with Crippen molar-refractivity contribution in [1.82, 2.24) is 9.38 Å². The first-order chi connectivity index (χ1) is 8.54. The Labute approximate surface area is 110 Å². The molecule has 0 atom stereocenters. The molecule has 2 heterocycles. The second kappa shape index (κ2) is 4.73. The van der Waals surface area contributed by atoms with Crippen molar-refractivity contribution in [2.24, 2.45) is 0 Å². The van der Waals surface area contributed by atoms with E-state index in [0.29, 0.717) is 10.3 Å². The van der Waals surface area contributed by atoms with Gasteiger partial charge in [0, 0.05) is 6.07 Å². The van der Waals surface area contributed by atoms with Crippen molar-refractivity contribution < 1.29 is 14.5 Å². The summed E-state index contributed by atoms with van der Waals surface area (Å²) in [5, 5.41) is 10.7. The minimum atomic E-state index is -0.573. The average molecular weight is 314 g/mol. The number of nitro groups is 1. The van der Waals surface area contributed by atoms with Crippen LogP contribution < -0.4 is 0 Å². The van der Waals surface area contributed by atoms with Crippen LogP contribution in [0.4, 0.5) is 5.69 Å². The molecule has 0 N–H and O–H groups in total. The van der Waals surface area contributed by atoms with Gasteiger partial charge < -0.3 is 4.74 Å². The van der Waals surface area contributed by atoms with Gasteiger partial charge in [-0.3, -0.25) is 14.5 Å². The zero-order chi connectivity index (χ0) is 13.3. The van der Waals surface area contributed by atoms with Gasteiger partial charge in [0.25, 0.3) is 5.69 Å². The lowest BCUT2D eigenvalue weighted by Crippen LogP contribution is -2.05. The first-order valence-corrected chi connectivity index (χ1v) is 5.83. The van der Waals surface area contributed by atoms with Crippen LogP contribution in [0.3, 0.4) is 0 Å². The SMILES string of the molecule is CCOC(=O)c1nc2ccc([N+](=O)[O-])cn2c1Br. The van der Waals surface area contributed by atoms with E-state index in [9.17, 15) is 14.9 Å². The summed E-state index contributed by atoms with van der Waals surface area (Å²) in [5.41, 5.74) is 0.434. The number of hydrogen-bond acceptors (Lipinski definition) is 5. The predicted molar refractivity (Wildman–Crippen MR) is 65.5 cm³/mol. The number of nitrogens with zero attached hydrogens (tertiary/aromatic N) is 3. The molecule has 0 aliphatic carbocycles. The van der Waals surface area contributed by atoms with Gasteiger partial charge in [-0.05, 0) is 28.9 Å². The summed E-state index contributed by atoms with van der Waals surface area (Å²) >= 11 is 3.18. The van der Waals surface area contributed by atoms with Gasteiger partial charge in [0.2, 0.25) is 0 Å². The van der Waals surface area contributed by atoms with E-state index in [1.807, 2.05) is 0 Å². The number of imidazole rings is 1. The van der Waals surface area contributed by atoms with Gasteiger partial charge in [-0.1, -0.05) is 0 Å². The summed E-state index contributed by atoms with van der Waals surface area (Å²) < 4.78 is 6.59. The topological polar surface area (TPSA) is 86.7 Å². The van der Waals surface area contributed by atoms with Crippen LogP contribution in [0.25, 0.3) is 5.65 Å². The first-order valence-electron chi connectivity index (χ1n) is 5.03. The van der Waals surface area contributed by atoms with Crippen LogP contribution in [0, 0.1) is 10.1 Å². The standard InChI is InChI=1S/C10H8BrN3O4/c1-2-18-10(15)8-9(11)13-5-6(14(16)17)3-4-7(13)12-8/h3-5H,2H2,1H3. The molecule has 2 aromatic heterocycles. The molecule has 0 aromatic carbocycles. The fraction of sp³-hybridized carbons (Fsp3) is 0.200. The molecule has 0 amide bonds. The smallest absolute Gasteiger partial charge is 0.359 e. The van der Waals surface area contributed by atoms with Gasteiger partial charge in [-0.15, -0.1) is 0 Å². The third-order valence-electron chi connectivity index (χ3n) is 2.22. The summed E-state index contributed by atoms with van der Waals surface area (Å²) in [6, 6.07) is 2.79. The number of esters is 1. The maximum Gasteiger partial charge on any atom is 0.359 e. The van der Waals surface area contributed by atoms with E-state index in [0.717, 1.165) is 0 Å². The Bertz CT molecular complexity index is 637. The van der Waals surface area contributed by atoms with Crippen molar-refractivity contribution >= 4 is 33.2 Å². The summed E-state index contributed by atoms with van der Waals surface area (Å²) in [6.07, 6.45) is 1.29. The lowest BCUT2D eigenvalue weighted by atomic mass is 10.4. The van der Waals surface area contributed by atoms with Crippen LogP contribution in [0.5, 0.6) is 0 Å². The van der Waals surface area contributed by atoms with Gasteiger partial charge in [-0.2, -0.15) is 0 Å². The molecular weight excluding hydrogens is 306 g/mol. The number of pyridine rings is 1. The van der Waals surface area contributed by atoms with E-state index in [2.05, 4.69) is 20.9 Å². The fourth-order valence-corrected chi connectivity index (χ4v) is 1.98. The summed E-state index contributed by atoms with van der Waals surface area (Å²) in [6.45, 7) is 1.92. The Morgan fingerprint density at radius 1 is 1.61 bits per heavy atom. The summed E-state index contributed by atoms with van der Waals surface area (Å²) in [7, 11) is 0. The van der Waals surface area contributed by atoms with E-state index in [-0.39, 0.29) is 18.0 Å². The molecule has 2 rings (SSSR count). The zero-order valence-electron chi connectivity index (χ0n) is 9.29. The first kappa shape index (κ1) is 12.5. The van der Waals surface area contributed by atoms with Crippen LogP contribution in [0.15, 0.2) is 22.9 Å².